The van der Waals surface area contributed by atoms with E-state index in [1.807, 2.05) is 0 Å². The molecule has 0 aliphatic carbocycles. The van der Waals surface area contributed by atoms with E-state index in [0.717, 1.165) is 0 Å². The maximum atomic E-state index is 9.92. The molecule has 3 atom stereocenters. The first-order valence-corrected chi connectivity index (χ1v) is 2.74. The molecule has 0 bridgehead atoms. The molecule has 0 aliphatic heterocycles. The topological polar surface area (TPSA) is 98.0 Å². The van der Waals surface area contributed by atoms with Crippen LogP contribution in [0.3, 0.4) is 0 Å². The van der Waals surface area contributed by atoms with Gasteiger partial charge in [-0.2, -0.15) is 0 Å². The van der Waals surface area contributed by atoms with E-state index < -0.39 is 24.3 Å². The molecule has 5 nitrogen and oxygen atoms in total. The Morgan fingerprint density at radius 1 is 1.30 bits per heavy atom. The van der Waals surface area contributed by atoms with Crippen LogP contribution in [0.1, 0.15) is 6.92 Å². The normalized spacial score (nSPS) is 19.6. The van der Waals surface area contributed by atoms with Gasteiger partial charge < -0.3 is 20.4 Å². The van der Waals surface area contributed by atoms with Gasteiger partial charge in [-0.3, -0.25) is 0 Å². The third-order valence-electron chi connectivity index (χ3n) is 1.07. The molecule has 0 saturated carbocycles. The van der Waals surface area contributed by atoms with Crippen molar-refractivity contribution < 1.29 is 25.2 Å². The number of aliphatic hydroxyl groups is 3. The summed E-state index contributed by atoms with van der Waals surface area (Å²) in [6.07, 6.45) is -4.79. The number of hydrogen-bond donors (Lipinski definition) is 4. The van der Waals surface area contributed by atoms with E-state index in [1.165, 1.54) is 6.92 Å². The van der Waals surface area contributed by atoms with Gasteiger partial charge >= 0.3 is 5.97 Å². The van der Waals surface area contributed by atoms with Crippen molar-refractivity contribution in [2.45, 2.75) is 25.2 Å². The second-order valence-electron chi connectivity index (χ2n) is 2.01. The Hall–Kier alpha value is -0.650. The van der Waals surface area contributed by atoms with Crippen molar-refractivity contribution in [1.29, 1.82) is 0 Å². The number of carbonyl (C=O) groups is 1. The Balaban J connectivity index is 3.94. The minimum Gasteiger partial charge on any atom is -0.479 e. The highest BCUT2D eigenvalue weighted by atomic mass is 16.4. The predicted octanol–water partition coefficient (Wildman–Crippen LogP) is -1.83. The number of carboxylic acids is 1. The van der Waals surface area contributed by atoms with Gasteiger partial charge in [0.05, 0.1) is 6.10 Å². The quantitative estimate of drug-likeness (QED) is 0.379. The molecule has 0 heterocycles. The average molecular weight is 150 g/mol. The van der Waals surface area contributed by atoms with E-state index in [1.54, 1.807) is 0 Å². The maximum absolute atomic E-state index is 9.92. The van der Waals surface area contributed by atoms with Crippen molar-refractivity contribution >= 4 is 5.97 Å². The Kier molecular flexibility index (Phi) is 3.27. The smallest absolute Gasteiger partial charge is 0.335 e. The summed E-state index contributed by atoms with van der Waals surface area (Å²) in [4.78, 5) is 9.92. The first kappa shape index (κ1) is 9.35. The molecule has 0 saturated heterocycles. The van der Waals surface area contributed by atoms with Gasteiger partial charge in [-0.1, -0.05) is 0 Å². The van der Waals surface area contributed by atoms with Crippen molar-refractivity contribution in [3.05, 3.63) is 0 Å². The van der Waals surface area contributed by atoms with Gasteiger partial charge in [0, 0.05) is 0 Å². The average Bonchev–Trinajstić information content (AvgIpc) is 1.84. The minimum absolute atomic E-state index is 1.19. The summed E-state index contributed by atoms with van der Waals surface area (Å²) in [5.41, 5.74) is 0. The lowest BCUT2D eigenvalue weighted by Gasteiger charge is -2.15. The molecule has 0 unspecified atom stereocenters. The van der Waals surface area contributed by atoms with Crippen molar-refractivity contribution in [2.75, 3.05) is 0 Å². The fourth-order valence-corrected chi connectivity index (χ4v) is 0.410. The summed E-state index contributed by atoms with van der Waals surface area (Å²) in [7, 11) is 0. The standard InChI is InChI=1S/C5H10O5/c1-2(6)3(7)4(8)5(9)10/h2-4,6-8H,1H3,(H,9,10)/t2-,3-,4-/m1/s1. The summed E-state index contributed by atoms with van der Waals surface area (Å²) < 4.78 is 0. The van der Waals surface area contributed by atoms with E-state index in [-0.39, 0.29) is 0 Å². The number of hydrogen-bond acceptors (Lipinski definition) is 4. The second kappa shape index (κ2) is 3.50. The van der Waals surface area contributed by atoms with Crippen LogP contribution in [0.15, 0.2) is 0 Å². The van der Waals surface area contributed by atoms with Crippen LogP contribution in [0.25, 0.3) is 0 Å². The van der Waals surface area contributed by atoms with Crippen LogP contribution in [-0.2, 0) is 4.79 Å². The van der Waals surface area contributed by atoms with Crippen LogP contribution >= 0.6 is 0 Å². The molecule has 0 radical (unpaired) electrons. The third-order valence-corrected chi connectivity index (χ3v) is 1.07. The van der Waals surface area contributed by atoms with Gasteiger partial charge in [-0.15, -0.1) is 0 Å². The molecule has 10 heavy (non-hydrogen) atoms. The SMILES string of the molecule is C[C@@H](O)[C@@H](O)[C@@H](O)C(=O)O. The van der Waals surface area contributed by atoms with E-state index in [4.69, 9.17) is 20.4 Å². The molecule has 0 aromatic carbocycles. The molecule has 0 amide bonds. The number of aliphatic carboxylic acids is 1. The lowest BCUT2D eigenvalue weighted by atomic mass is 10.1. The van der Waals surface area contributed by atoms with E-state index in [9.17, 15) is 4.79 Å². The van der Waals surface area contributed by atoms with Gasteiger partial charge in [0.15, 0.2) is 6.10 Å². The molecule has 60 valence electrons. The first-order valence-electron chi connectivity index (χ1n) is 2.74. The van der Waals surface area contributed by atoms with Crippen molar-refractivity contribution in [2.24, 2.45) is 0 Å². The lowest BCUT2D eigenvalue weighted by Crippen LogP contribution is -2.40. The number of aliphatic hydroxyl groups excluding tert-OH is 3. The highest BCUT2D eigenvalue weighted by Gasteiger charge is 2.26. The molecular formula is C5H10O5. The van der Waals surface area contributed by atoms with Crippen LogP contribution in [0, 0.1) is 0 Å². The fourth-order valence-electron chi connectivity index (χ4n) is 0.410. The molecular weight excluding hydrogens is 140 g/mol. The number of rotatable bonds is 3. The fraction of sp³-hybridized carbons (Fsp3) is 0.800. The highest BCUT2D eigenvalue weighted by Crippen LogP contribution is 1.98. The Bertz CT molecular complexity index is 121. The van der Waals surface area contributed by atoms with Crippen LogP contribution in [0.4, 0.5) is 0 Å². The van der Waals surface area contributed by atoms with E-state index in [0.29, 0.717) is 0 Å². The lowest BCUT2D eigenvalue weighted by molar-refractivity contribution is -0.157. The summed E-state index contributed by atoms with van der Waals surface area (Å²) >= 11 is 0. The molecule has 0 aliphatic rings. The van der Waals surface area contributed by atoms with Crippen LogP contribution < -0.4 is 0 Å². The predicted molar refractivity (Wildman–Crippen MR) is 31.3 cm³/mol. The van der Waals surface area contributed by atoms with Gasteiger partial charge in [-0.05, 0) is 6.92 Å². The van der Waals surface area contributed by atoms with Gasteiger partial charge in [0.2, 0.25) is 0 Å². The summed E-state index contributed by atoms with van der Waals surface area (Å²) in [6.45, 7) is 1.19. The van der Waals surface area contributed by atoms with Gasteiger partial charge in [-0.25, -0.2) is 4.79 Å². The van der Waals surface area contributed by atoms with Crippen LogP contribution in [0.5, 0.6) is 0 Å². The summed E-state index contributed by atoms with van der Waals surface area (Å²) in [5.74, 6) is -1.55. The summed E-state index contributed by atoms with van der Waals surface area (Å²) in [6, 6.07) is 0. The molecule has 0 fully saturated rings. The summed E-state index contributed by atoms with van der Waals surface area (Å²) in [5, 5.41) is 33.9. The van der Waals surface area contributed by atoms with Crippen molar-refractivity contribution in [1.82, 2.24) is 0 Å². The zero-order chi connectivity index (χ0) is 8.31. The van der Waals surface area contributed by atoms with E-state index >= 15 is 0 Å². The van der Waals surface area contributed by atoms with Crippen molar-refractivity contribution in [3.63, 3.8) is 0 Å². The zero-order valence-corrected chi connectivity index (χ0v) is 5.43. The monoisotopic (exact) mass is 150 g/mol. The first-order chi connectivity index (χ1) is 4.46. The van der Waals surface area contributed by atoms with Crippen LogP contribution in [-0.4, -0.2) is 44.7 Å². The third kappa shape index (κ3) is 2.30. The molecule has 0 rings (SSSR count). The second-order valence-corrected chi connectivity index (χ2v) is 2.01. The highest BCUT2D eigenvalue weighted by molar-refractivity contribution is 5.72. The largest absolute Gasteiger partial charge is 0.479 e. The van der Waals surface area contributed by atoms with Crippen LogP contribution in [0.2, 0.25) is 0 Å². The van der Waals surface area contributed by atoms with Gasteiger partial charge in [0.1, 0.15) is 6.10 Å². The molecule has 0 spiro atoms. The zero-order valence-electron chi connectivity index (χ0n) is 5.43. The minimum atomic E-state index is -1.92. The van der Waals surface area contributed by atoms with Crippen molar-refractivity contribution in [3.8, 4) is 0 Å². The Morgan fingerprint density at radius 2 is 1.70 bits per heavy atom. The Morgan fingerprint density at radius 3 is 1.80 bits per heavy atom. The van der Waals surface area contributed by atoms with E-state index in [2.05, 4.69) is 0 Å². The molecule has 0 aromatic heterocycles. The Labute approximate surface area is 57.5 Å². The molecule has 5 heteroatoms. The molecule has 0 aromatic rings. The van der Waals surface area contributed by atoms with Gasteiger partial charge in [0.25, 0.3) is 0 Å². The number of carboxylic acid groups (broad SMARTS) is 1. The maximum Gasteiger partial charge on any atom is 0.335 e. The molecule has 4 N–H and O–H groups in total.